The van der Waals surface area contributed by atoms with E-state index < -0.39 is 10.0 Å². The first-order valence-electron chi connectivity index (χ1n) is 8.14. The Kier molecular flexibility index (Phi) is 5.38. The Bertz CT molecular complexity index is 913. The highest BCUT2D eigenvalue weighted by atomic mass is 35.5. The molecule has 0 atom stereocenters. The molecule has 2 aromatic rings. The van der Waals surface area contributed by atoms with Crippen LogP contribution in [0.15, 0.2) is 42.5 Å². The van der Waals surface area contributed by atoms with Crippen LogP contribution >= 0.6 is 11.6 Å². The summed E-state index contributed by atoms with van der Waals surface area (Å²) < 4.78 is 30.9. The molecule has 26 heavy (non-hydrogen) atoms. The number of benzene rings is 2. The Hall–Kier alpha value is -2.25. The van der Waals surface area contributed by atoms with Gasteiger partial charge in [-0.1, -0.05) is 11.6 Å². The number of rotatable bonds is 5. The third-order valence-electron chi connectivity index (χ3n) is 4.03. The van der Waals surface area contributed by atoms with Crippen LogP contribution in [0.5, 0.6) is 5.75 Å². The lowest BCUT2D eigenvalue weighted by atomic mass is 10.1. The van der Waals surface area contributed by atoms with Crippen LogP contribution in [0.25, 0.3) is 0 Å². The van der Waals surface area contributed by atoms with Crippen molar-refractivity contribution in [3.8, 4) is 5.75 Å². The van der Waals surface area contributed by atoms with Gasteiger partial charge in [-0.05, 0) is 61.4 Å². The minimum absolute atomic E-state index is 0.136. The minimum atomic E-state index is -3.22. The second-order valence-electron chi connectivity index (χ2n) is 6.03. The summed E-state index contributed by atoms with van der Waals surface area (Å²) in [5.41, 5.74) is 2.03. The molecule has 2 aromatic carbocycles. The molecule has 0 saturated carbocycles. The molecule has 0 spiro atoms. The molecule has 1 amide bonds. The summed E-state index contributed by atoms with van der Waals surface area (Å²) in [6, 6.07) is 11.9. The normalized spacial score (nSPS) is 15.7. The number of hydrogen-bond donors (Lipinski definition) is 1. The summed E-state index contributed by atoms with van der Waals surface area (Å²) >= 11 is 5.80. The molecular weight excluding hydrogens is 376 g/mol. The van der Waals surface area contributed by atoms with Gasteiger partial charge in [0.1, 0.15) is 5.75 Å². The summed E-state index contributed by atoms with van der Waals surface area (Å²) in [5.74, 6) is 0.420. The number of sulfonamides is 1. The van der Waals surface area contributed by atoms with Crippen LogP contribution in [-0.2, 0) is 14.8 Å². The second-order valence-corrected chi connectivity index (χ2v) is 8.48. The number of anilines is 2. The SMILES string of the molecule is Cc1cc(NC(=O)COc2ccc(Cl)cc2)ccc1N1CCCS1(=O)=O. The monoisotopic (exact) mass is 394 g/mol. The van der Waals surface area contributed by atoms with Crippen LogP contribution in [0.2, 0.25) is 5.02 Å². The largest absolute Gasteiger partial charge is 0.484 e. The van der Waals surface area contributed by atoms with E-state index in [0.29, 0.717) is 35.1 Å². The Morgan fingerprint density at radius 1 is 1.23 bits per heavy atom. The summed E-state index contributed by atoms with van der Waals surface area (Å²) in [4.78, 5) is 12.0. The van der Waals surface area contributed by atoms with Gasteiger partial charge in [-0.3, -0.25) is 9.10 Å². The van der Waals surface area contributed by atoms with Crippen molar-refractivity contribution >= 4 is 38.9 Å². The predicted molar refractivity (Wildman–Crippen MR) is 103 cm³/mol. The zero-order chi connectivity index (χ0) is 18.7. The highest BCUT2D eigenvalue weighted by molar-refractivity contribution is 7.93. The molecule has 8 heteroatoms. The Labute approximate surface area is 157 Å². The van der Waals surface area contributed by atoms with Gasteiger partial charge in [0.05, 0.1) is 11.4 Å². The first-order chi connectivity index (χ1) is 12.3. The van der Waals surface area contributed by atoms with Crippen LogP contribution in [0, 0.1) is 6.92 Å². The van der Waals surface area contributed by atoms with Gasteiger partial charge in [0.25, 0.3) is 5.91 Å². The van der Waals surface area contributed by atoms with Crippen molar-refractivity contribution in [2.45, 2.75) is 13.3 Å². The Morgan fingerprint density at radius 3 is 2.58 bits per heavy atom. The molecular formula is C18H19ClN2O4S. The first kappa shape index (κ1) is 18.5. The quantitative estimate of drug-likeness (QED) is 0.844. The third-order valence-corrected chi connectivity index (χ3v) is 6.14. The average molecular weight is 395 g/mol. The number of ether oxygens (including phenoxy) is 1. The highest BCUT2D eigenvalue weighted by Gasteiger charge is 2.29. The smallest absolute Gasteiger partial charge is 0.262 e. The molecule has 0 aromatic heterocycles. The van der Waals surface area contributed by atoms with Crippen LogP contribution in [0.3, 0.4) is 0 Å². The van der Waals surface area contributed by atoms with Crippen molar-refractivity contribution in [3.05, 3.63) is 53.1 Å². The fourth-order valence-corrected chi connectivity index (χ4v) is 4.55. The predicted octanol–water partition coefficient (Wildman–Crippen LogP) is 3.21. The van der Waals surface area contributed by atoms with Gasteiger partial charge in [0, 0.05) is 17.3 Å². The molecule has 138 valence electrons. The molecule has 0 radical (unpaired) electrons. The van der Waals surface area contributed by atoms with Gasteiger partial charge < -0.3 is 10.1 Å². The second kappa shape index (κ2) is 7.55. The Balaban J connectivity index is 1.62. The molecule has 6 nitrogen and oxygen atoms in total. The summed E-state index contributed by atoms with van der Waals surface area (Å²) in [6.07, 6.45) is 0.627. The number of carbonyl (C=O) groups is 1. The highest BCUT2D eigenvalue weighted by Crippen LogP contribution is 2.29. The lowest BCUT2D eigenvalue weighted by Crippen LogP contribution is -2.26. The van der Waals surface area contributed by atoms with Gasteiger partial charge in [0.2, 0.25) is 10.0 Å². The van der Waals surface area contributed by atoms with E-state index in [9.17, 15) is 13.2 Å². The maximum atomic E-state index is 12.0. The molecule has 0 aliphatic carbocycles. The summed E-state index contributed by atoms with van der Waals surface area (Å²) in [7, 11) is -3.22. The van der Waals surface area contributed by atoms with Crippen molar-refractivity contribution in [2.75, 3.05) is 28.5 Å². The van der Waals surface area contributed by atoms with Crippen LogP contribution in [0.4, 0.5) is 11.4 Å². The third kappa shape index (κ3) is 4.28. The maximum absolute atomic E-state index is 12.0. The van der Waals surface area contributed by atoms with Crippen molar-refractivity contribution in [1.82, 2.24) is 0 Å². The number of nitrogens with one attached hydrogen (secondary N) is 1. The molecule has 1 aliphatic heterocycles. The van der Waals surface area contributed by atoms with E-state index >= 15 is 0 Å². The zero-order valence-electron chi connectivity index (χ0n) is 14.2. The van der Waals surface area contributed by atoms with E-state index in [1.807, 2.05) is 6.92 Å². The number of nitrogens with zero attached hydrogens (tertiary/aromatic N) is 1. The molecule has 1 aliphatic rings. The number of amides is 1. The molecule has 3 rings (SSSR count). The molecule has 1 N–H and O–H groups in total. The molecule has 1 saturated heterocycles. The molecule has 0 bridgehead atoms. The number of hydrogen-bond acceptors (Lipinski definition) is 4. The fraction of sp³-hybridized carbons (Fsp3) is 0.278. The minimum Gasteiger partial charge on any atom is -0.484 e. The van der Waals surface area contributed by atoms with Crippen molar-refractivity contribution in [2.24, 2.45) is 0 Å². The van der Waals surface area contributed by atoms with E-state index in [-0.39, 0.29) is 18.3 Å². The average Bonchev–Trinajstić information content (AvgIpc) is 2.94. The topological polar surface area (TPSA) is 75.7 Å². The number of aryl methyl sites for hydroxylation is 1. The molecule has 1 heterocycles. The van der Waals surface area contributed by atoms with Crippen LogP contribution in [-0.4, -0.2) is 33.2 Å². The molecule has 1 fully saturated rings. The van der Waals surface area contributed by atoms with E-state index in [2.05, 4.69) is 5.32 Å². The first-order valence-corrected chi connectivity index (χ1v) is 10.1. The maximum Gasteiger partial charge on any atom is 0.262 e. The van der Waals surface area contributed by atoms with Gasteiger partial charge in [-0.25, -0.2) is 8.42 Å². The zero-order valence-corrected chi connectivity index (χ0v) is 15.8. The summed E-state index contributed by atoms with van der Waals surface area (Å²) in [5, 5.41) is 3.34. The lowest BCUT2D eigenvalue weighted by molar-refractivity contribution is -0.118. The van der Waals surface area contributed by atoms with Gasteiger partial charge in [0.15, 0.2) is 6.61 Å². The summed E-state index contributed by atoms with van der Waals surface area (Å²) in [6.45, 7) is 2.18. The van der Waals surface area contributed by atoms with Crippen LogP contribution < -0.4 is 14.4 Å². The molecule has 0 unspecified atom stereocenters. The van der Waals surface area contributed by atoms with Crippen molar-refractivity contribution in [1.29, 1.82) is 0 Å². The van der Waals surface area contributed by atoms with Crippen molar-refractivity contribution in [3.63, 3.8) is 0 Å². The van der Waals surface area contributed by atoms with E-state index in [4.69, 9.17) is 16.3 Å². The van der Waals surface area contributed by atoms with E-state index in [1.165, 1.54) is 4.31 Å². The number of carbonyl (C=O) groups excluding carboxylic acids is 1. The van der Waals surface area contributed by atoms with Crippen LogP contribution in [0.1, 0.15) is 12.0 Å². The van der Waals surface area contributed by atoms with Gasteiger partial charge >= 0.3 is 0 Å². The number of halogens is 1. The fourth-order valence-electron chi connectivity index (χ4n) is 2.80. The Morgan fingerprint density at radius 2 is 1.96 bits per heavy atom. The van der Waals surface area contributed by atoms with Gasteiger partial charge in [-0.2, -0.15) is 0 Å². The van der Waals surface area contributed by atoms with E-state index in [0.717, 1.165) is 5.56 Å². The van der Waals surface area contributed by atoms with Gasteiger partial charge in [-0.15, -0.1) is 0 Å². The van der Waals surface area contributed by atoms with E-state index in [1.54, 1.807) is 42.5 Å². The van der Waals surface area contributed by atoms with Crippen molar-refractivity contribution < 1.29 is 17.9 Å². The lowest BCUT2D eigenvalue weighted by Gasteiger charge is -2.20. The standard InChI is InChI=1S/C18H19ClN2O4S/c1-13-11-15(5-8-17(13)21-9-2-10-26(21,23)24)20-18(22)12-25-16-6-3-14(19)4-7-16/h3-8,11H,2,9-10,12H2,1H3,(H,20,22).